The summed E-state index contributed by atoms with van der Waals surface area (Å²) in [5, 5.41) is 25.0. The molecule has 0 saturated carbocycles. The molecule has 2 unspecified atom stereocenters. The van der Waals surface area contributed by atoms with Crippen LogP contribution in [0.5, 0.6) is 5.75 Å². The van der Waals surface area contributed by atoms with Gasteiger partial charge in [0.15, 0.2) is 0 Å². The summed E-state index contributed by atoms with van der Waals surface area (Å²) in [6, 6.07) is 19.4. The monoisotopic (exact) mass is 566 g/mol. The molecule has 3 aromatic rings. The second-order valence-corrected chi connectivity index (χ2v) is 10.7. The van der Waals surface area contributed by atoms with Crippen molar-refractivity contribution >= 4 is 23.6 Å². The van der Waals surface area contributed by atoms with Gasteiger partial charge in [-0.15, -0.1) is 6.42 Å². The van der Waals surface area contributed by atoms with E-state index in [-0.39, 0.29) is 12.2 Å². The molecular weight excluding hydrogens is 532 g/mol. The fraction of sp³-hybridized carbons (Fsp3) is 0.273. The molecule has 216 valence electrons. The molecule has 3 aromatic carbocycles. The Labute approximate surface area is 246 Å². The number of aryl methyl sites for hydroxylation is 1. The van der Waals surface area contributed by atoms with Gasteiger partial charge in [-0.2, -0.15) is 5.26 Å². The first-order valence-electron chi connectivity index (χ1n) is 13.3. The Hall–Kier alpha value is -5.28. The molecule has 9 heteroatoms. The number of hydrogen-bond donors (Lipinski definition) is 3. The maximum Gasteiger partial charge on any atom is 0.408 e. The number of anilines is 1. The molecule has 0 heterocycles. The highest BCUT2D eigenvalue weighted by Gasteiger charge is 2.36. The normalized spacial score (nSPS) is 12.1. The zero-order chi connectivity index (χ0) is 30.9. The molecule has 3 rings (SSSR count). The fourth-order valence-corrected chi connectivity index (χ4v) is 4.24. The third-order valence-electron chi connectivity index (χ3n) is 6.25. The predicted molar refractivity (Wildman–Crippen MR) is 159 cm³/mol. The van der Waals surface area contributed by atoms with Crippen LogP contribution in [0.1, 0.15) is 49.1 Å². The van der Waals surface area contributed by atoms with Gasteiger partial charge in [-0.25, -0.2) is 4.79 Å². The Bertz CT molecular complexity index is 1500. The van der Waals surface area contributed by atoms with E-state index in [0.29, 0.717) is 22.4 Å². The number of carbonyl (C=O) groups is 3. The van der Waals surface area contributed by atoms with Crippen molar-refractivity contribution in [1.82, 2.24) is 10.2 Å². The first kappa shape index (κ1) is 31.3. The first-order valence-corrected chi connectivity index (χ1v) is 13.3. The summed E-state index contributed by atoms with van der Waals surface area (Å²) in [4.78, 5) is 42.0. The summed E-state index contributed by atoms with van der Waals surface area (Å²) in [7, 11) is 0. The van der Waals surface area contributed by atoms with Crippen LogP contribution >= 0.6 is 0 Å². The highest BCUT2D eigenvalue weighted by atomic mass is 16.6. The second kappa shape index (κ2) is 13.9. The summed E-state index contributed by atoms with van der Waals surface area (Å²) in [5.74, 6) is 1.33. The Kier molecular flexibility index (Phi) is 10.3. The van der Waals surface area contributed by atoms with E-state index in [1.807, 2.05) is 25.1 Å². The quantitative estimate of drug-likeness (QED) is 0.251. The Balaban J connectivity index is 2.06. The minimum atomic E-state index is -1.24. The molecule has 0 radical (unpaired) electrons. The molecule has 3 amide bonds. The van der Waals surface area contributed by atoms with Crippen molar-refractivity contribution in [3.05, 3.63) is 95.1 Å². The third kappa shape index (κ3) is 8.61. The molecule has 0 aliphatic heterocycles. The number of rotatable bonds is 9. The number of para-hydroxylation sites is 1. The zero-order valence-corrected chi connectivity index (χ0v) is 24.0. The molecule has 0 fully saturated rings. The van der Waals surface area contributed by atoms with Crippen LogP contribution in [0.25, 0.3) is 0 Å². The van der Waals surface area contributed by atoms with Crippen LogP contribution in [0.4, 0.5) is 10.5 Å². The lowest BCUT2D eigenvalue weighted by molar-refractivity contribution is -0.140. The number of phenols is 1. The lowest BCUT2D eigenvalue weighted by Crippen LogP contribution is -2.53. The van der Waals surface area contributed by atoms with Gasteiger partial charge in [0.05, 0.1) is 6.07 Å². The van der Waals surface area contributed by atoms with Crippen molar-refractivity contribution in [3.63, 3.8) is 0 Å². The number of alkyl carbamates (subject to hydrolysis) is 1. The van der Waals surface area contributed by atoms with Crippen LogP contribution in [0.15, 0.2) is 72.8 Å². The summed E-state index contributed by atoms with van der Waals surface area (Å²) in [5.41, 5.74) is 2.14. The van der Waals surface area contributed by atoms with E-state index in [1.165, 1.54) is 12.1 Å². The molecule has 0 saturated heterocycles. The maximum atomic E-state index is 14.2. The SMILES string of the molecule is C#Cc1ccc(C(C(=O)Nc2ccccc2C)N(CC#N)C(=O)C(Cc2ccc(O)cc2)NC(=O)OC(C)(C)C)cc1. The molecule has 0 spiro atoms. The Morgan fingerprint density at radius 1 is 1.02 bits per heavy atom. The number of aromatic hydroxyl groups is 1. The number of nitrogens with one attached hydrogen (secondary N) is 2. The average molecular weight is 567 g/mol. The van der Waals surface area contributed by atoms with E-state index in [4.69, 9.17) is 11.2 Å². The highest BCUT2D eigenvalue weighted by molar-refractivity contribution is 5.99. The first-order chi connectivity index (χ1) is 19.9. The van der Waals surface area contributed by atoms with Crippen molar-refractivity contribution < 1.29 is 24.2 Å². The number of terminal acetylenes is 1. The fourth-order valence-electron chi connectivity index (χ4n) is 4.24. The Morgan fingerprint density at radius 3 is 2.24 bits per heavy atom. The largest absolute Gasteiger partial charge is 0.508 e. The van der Waals surface area contributed by atoms with Gasteiger partial charge in [-0.3, -0.25) is 9.59 Å². The number of nitrogens with zero attached hydrogens (tertiary/aromatic N) is 2. The molecule has 9 nitrogen and oxygen atoms in total. The van der Waals surface area contributed by atoms with Crippen LogP contribution in [-0.2, 0) is 20.7 Å². The Morgan fingerprint density at radius 2 is 1.67 bits per heavy atom. The van der Waals surface area contributed by atoms with E-state index >= 15 is 0 Å². The number of ether oxygens (including phenoxy) is 1. The molecular formula is C33H34N4O5. The van der Waals surface area contributed by atoms with Gasteiger partial charge < -0.3 is 25.4 Å². The van der Waals surface area contributed by atoms with Crippen molar-refractivity contribution in [2.24, 2.45) is 0 Å². The van der Waals surface area contributed by atoms with Gasteiger partial charge in [0.25, 0.3) is 5.91 Å². The number of amides is 3. The zero-order valence-electron chi connectivity index (χ0n) is 24.0. The van der Waals surface area contributed by atoms with E-state index < -0.39 is 42.1 Å². The molecule has 2 atom stereocenters. The van der Waals surface area contributed by atoms with Gasteiger partial charge >= 0.3 is 6.09 Å². The lowest BCUT2D eigenvalue weighted by atomic mass is 9.99. The number of nitriles is 1. The topological polar surface area (TPSA) is 132 Å². The number of carbonyl (C=O) groups excluding carboxylic acids is 3. The van der Waals surface area contributed by atoms with Crippen LogP contribution < -0.4 is 10.6 Å². The van der Waals surface area contributed by atoms with Crippen molar-refractivity contribution in [1.29, 1.82) is 5.26 Å². The summed E-state index contributed by atoms with van der Waals surface area (Å²) < 4.78 is 5.40. The van der Waals surface area contributed by atoms with Gasteiger partial charge in [0.2, 0.25) is 5.91 Å². The maximum absolute atomic E-state index is 14.2. The standard InChI is InChI=1S/C33H34N4O5/c1-6-23-11-15-25(16-12-23)29(30(39)35-27-10-8-7-9-22(27)2)37(20-19-34)31(40)28(36-32(41)42-33(3,4)5)21-24-13-17-26(38)18-14-24/h1,7-18,28-29,38H,20-21H2,2-5H3,(H,35,39)(H,36,41). The minimum absolute atomic E-state index is 0.00243. The molecule has 0 aliphatic rings. The molecule has 0 bridgehead atoms. The van der Waals surface area contributed by atoms with Crippen molar-refractivity contribution in [2.75, 3.05) is 11.9 Å². The number of phenolic OH excluding ortho intramolecular Hbond substituents is 1. The van der Waals surface area contributed by atoms with Gasteiger partial charge in [0, 0.05) is 17.7 Å². The van der Waals surface area contributed by atoms with Gasteiger partial charge in [-0.05, 0) is 74.7 Å². The molecule has 0 aliphatic carbocycles. The third-order valence-corrected chi connectivity index (χ3v) is 6.25. The predicted octanol–water partition coefficient (Wildman–Crippen LogP) is 4.85. The number of hydrogen-bond acceptors (Lipinski definition) is 6. The summed E-state index contributed by atoms with van der Waals surface area (Å²) in [6.45, 7) is 6.46. The highest BCUT2D eigenvalue weighted by Crippen LogP contribution is 2.26. The molecule has 42 heavy (non-hydrogen) atoms. The minimum Gasteiger partial charge on any atom is -0.508 e. The summed E-state index contributed by atoms with van der Waals surface area (Å²) in [6.07, 6.45) is 4.68. The average Bonchev–Trinajstić information content (AvgIpc) is 2.94. The van der Waals surface area contributed by atoms with Crippen LogP contribution in [0, 0.1) is 30.6 Å². The van der Waals surface area contributed by atoms with E-state index in [2.05, 4.69) is 16.6 Å². The smallest absolute Gasteiger partial charge is 0.408 e. The molecule has 3 N–H and O–H groups in total. The summed E-state index contributed by atoms with van der Waals surface area (Å²) >= 11 is 0. The van der Waals surface area contributed by atoms with Crippen molar-refractivity contribution in [3.8, 4) is 24.2 Å². The van der Waals surface area contributed by atoms with Crippen LogP contribution in [0.3, 0.4) is 0 Å². The number of benzene rings is 3. The van der Waals surface area contributed by atoms with Gasteiger partial charge in [-0.1, -0.05) is 48.4 Å². The van der Waals surface area contributed by atoms with E-state index in [9.17, 15) is 24.8 Å². The van der Waals surface area contributed by atoms with Crippen LogP contribution in [0.2, 0.25) is 0 Å². The molecule has 0 aromatic heterocycles. The van der Waals surface area contributed by atoms with Crippen LogP contribution in [-0.4, -0.2) is 46.1 Å². The van der Waals surface area contributed by atoms with E-state index in [0.717, 1.165) is 10.5 Å². The van der Waals surface area contributed by atoms with E-state index in [1.54, 1.807) is 69.3 Å². The second-order valence-electron chi connectivity index (χ2n) is 10.7. The lowest BCUT2D eigenvalue weighted by Gasteiger charge is -2.33. The van der Waals surface area contributed by atoms with Crippen molar-refractivity contribution in [2.45, 2.75) is 51.8 Å². The van der Waals surface area contributed by atoms with Gasteiger partial charge in [0.1, 0.15) is 30.0 Å².